The van der Waals surface area contributed by atoms with E-state index >= 15 is 0 Å². The fourth-order valence-electron chi connectivity index (χ4n) is 1.28. The van der Waals surface area contributed by atoms with Gasteiger partial charge in [-0.25, -0.2) is 0 Å². The first-order valence-electron chi connectivity index (χ1n) is 4.39. The molecule has 0 unspecified atom stereocenters. The van der Waals surface area contributed by atoms with Crippen LogP contribution in [0.15, 0.2) is 6.07 Å². The summed E-state index contributed by atoms with van der Waals surface area (Å²) >= 11 is 1.38. The minimum Gasteiger partial charge on any atom is -0.337 e. The molecule has 13 heavy (non-hydrogen) atoms. The fraction of sp³-hybridized carbons (Fsp3) is 0.556. The normalized spacial score (nSPS) is 15.8. The number of aryl methyl sites for hydroxylation is 1. The second kappa shape index (κ2) is 3.10. The van der Waals surface area contributed by atoms with Crippen LogP contribution in [0, 0.1) is 6.92 Å². The lowest BCUT2D eigenvalue weighted by molar-refractivity contribution is 0.0780. The molecule has 1 aromatic heterocycles. The van der Waals surface area contributed by atoms with Crippen molar-refractivity contribution in [2.75, 3.05) is 7.05 Å². The van der Waals surface area contributed by atoms with Gasteiger partial charge >= 0.3 is 0 Å². The zero-order valence-corrected chi connectivity index (χ0v) is 8.60. The molecule has 0 aliphatic heterocycles. The van der Waals surface area contributed by atoms with Crippen molar-refractivity contribution in [3.8, 4) is 0 Å². The van der Waals surface area contributed by atoms with Crippen LogP contribution in [-0.4, -0.2) is 28.3 Å². The van der Waals surface area contributed by atoms with Crippen LogP contribution in [-0.2, 0) is 0 Å². The Balaban J connectivity index is 2.11. The van der Waals surface area contributed by atoms with E-state index in [0.717, 1.165) is 17.7 Å². The van der Waals surface area contributed by atoms with Gasteiger partial charge in [-0.3, -0.25) is 4.79 Å². The highest BCUT2D eigenvalue weighted by Crippen LogP contribution is 2.26. The zero-order chi connectivity index (χ0) is 9.42. The second-order valence-electron chi connectivity index (χ2n) is 3.47. The fourth-order valence-corrected chi connectivity index (χ4v) is 1.81. The van der Waals surface area contributed by atoms with Gasteiger partial charge in [0.05, 0.1) is 0 Å². The van der Waals surface area contributed by atoms with E-state index in [9.17, 15) is 4.79 Å². The molecule has 1 fully saturated rings. The van der Waals surface area contributed by atoms with Crippen LogP contribution in [0.1, 0.15) is 28.2 Å². The summed E-state index contributed by atoms with van der Waals surface area (Å²) in [5, 5.41) is 0. The minimum absolute atomic E-state index is 0.0619. The van der Waals surface area contributed by atoms with Crippen molar-refractivity contribution >= 4 is 17.4 Å². The molecule has 1 saturated carbocycles. The molecule has 0 bridgehead atoms. The number of carbonyl (C=O) groups is 1. The Morgan fingerprint density at radius 1 is 1.69 bits per heavy atom. The van der Waals surface area contributed by atoms with Crippen LogP contribution < -0.4 is 0 Å². The first-order valence-corrected chi connectivity index (χ1v) is 5.16. The zero-order valence-electron chi connectivity index (χ0n) is 7.78. The van der Waals surface area contributed by atoms with Crippen LogP contribution in [0.25, 0.3) is 0 Å². The molecule has 0 saturated heterocycles. The maximum Gasteiger partial charge on any atom is 0.273 e. The molecule has 1 aromatic rings. The largest absolute Gasteiger partial charge is 0.337 e. The van der Waals surface area contributed by atoms with E-state index in [4.69, 9.17) is 0 Å². The molecule has 0 atom stereocenters. The predicted molar refractivity (Wildman–Crippen MR) is 52.0 cm³/mol. The van der Waals surface area contributed by atoms with E-state index in [1.54, 1.807) is 4.90 Å². The quantitative estimate of drug-likeness (QED) is 0.721. The van der Waals surface area contributed by atoms with Crippen molar-refractivity contribution in [3.63, 3.8) is 0 Å². The first-order chi connectivity index (χ1) is 6.18. The van der Waals surface area contributed by atoms with Crippen molar-refractivity contribution in [1.82, 2.24) is 9.27 Å². The number of carbonyl (C=O) groups excluding carboxylic acids is 1. The standard InChI is InChI=1S/C9H12N2OS/c1-6-5-8(10-13-6)9(12)11(2)7-3-4-7/h5,7H,3-4H2,1-2H3. The van der Waals surface area contributed by atoms with Gasteiger partial charge in [0, 0.05) is 18.0 Å². The molecule has 3 nitrogen and oxygen atoms in total. The summed E-state index contributed by atoms with van der Waals surface area (Å²) in [6.07, 6.45) is 2.29. The Bertz CT molecular complexity index is 330. The molecule has 0 radical (unpaired) electrons. The Hall–Kier alpha value is -0.900. The lowest BCUT2D eigenvalue weighted by Crippen LogP contribution is -2.28. The summed E-state index contributed by atoms with van der Waals surface area (Å²) in [5.74, 6) is 0.0619. The topological polar surface area (TPSA) is 33.2 Å². The van der Waals surface area contributed by atoms with E-state index in [0.29, 0.717) is 11.7 Å². The average Bonchev–Trinajstić information content (AvgIpc) is 2.87. The highest BCUT2D eigenvalue weighted by atomic mass is 32.1. The van der Waals surface area contributed by atoms with Crippen molar-refractivity contribution in [1.29, 1.82) is 0 Å². The summed E-state index contributed by atoms with van der Waals surface area (Å²) in [6, 6.07) is 2.32. The van der Waals surface area contributed by atoms with Gasteiger partial charge < -0.3 is 4.90 Å². The Labute approximate surface area is 81.5 Å². The first kappa shape index (κ1) is 8.69. The lowest BCUT2D eigenvalue weighted by atomic mass is 10.3. The summed E-state index contributed by atoms with van der Waals surface area (Å²) in [4.78, 5) is 14.6. The van der Waals surface area contributed by atoms with E-state index in [2.05, 4.69) is 4.37 Å². The number of nitrogens with zero attached hydrogens (tertiary/aromatic N) is 2. The number of hydrogen-bond acceptors (Lipinski definition) is 3. The van der Waals surface area contributed by atoms with Gasteiger partial charge in [0.25, 0.3) is 5.91 Å². The summed E-state index contributed by atoms with van der Waals surface area (Å²) in [5.41, 5.74) is 0.594. The predicted octanol–water partition coefficient (Wildman–Crippen LogP) is 1.69. The van der Waals surface area contributed by atoms with Crippen molar-refractivity contribution < 1.29 is 4.79 Å². The number of rotatable bonds is 2. The third kappa shape index (κ3) is 1.72. The van der Waals surface area contributed by atoms with Crippen LogP contribution in [0.5, 0.6) is 0 Å². The Kier molecular flexibility index (Phi) is 2.07. The maximum absolute atomic E-state index is 11.7. The SMILES string of the molecule is Cc1cc(C(=O)N(C)C2CC2)ns1. The molecule has 1 aliphatic rings. The van der Waals surface area contributed by atoms with Crippen molar-refractivity contribution in [2.24, 2.45) is 0 Å². The van der Waals surface area contributed by atoms with Gasteiger partial charge in [0.2, 0.25) is 0 Å². The van der Waals surface area contributed by atoms with Gasteiger partial charge in [-0.1, -0.05) is 0 Å². The van der Waals surface area contributed by atoms with E-state index in [1.807, 2.05) is 20.0 Å². The third-order valence-corrected chi connectivity index (χ3v) is 2.96. The Morgan fingerprint density at radius 3 is 2.85 bits per heavy atom. The molecule has 1 amide bonds. The van der Waals surface area contributed by atoms with E-state index < -0.39 is 0 Å². The van der Waals surface area contributed by atoms with Gasteiger partial charge in [0.1, 0.15) is 5.69 Å². The molecule has 0 N–H and O–H groups in total. The lowest BCUT2D eigenvalue weighted by Gasteiger charge is -2.13. The van der Waals surface area contributed by atoms with Gasteiger partial charge in [-0.05, 0) is 37.4 Å². The highest BCUT2D eigenvalue weighted by Gasteiger charge is 2.30. The Morgan fingerprint density at radius 2 is 2.38 bits per heavy atom. The highest BCUT2D eigenvalue weighted by molar-refractivity contribution is 7.05. The van der Waals surface area contributed by atoms with Gasteiger partial charge in [-0.2, -0.15) is 4.37 Å². The van der Waals surface area contributed by atoms with E-state index in [1.165, 1.54) is 11.5 Å². The van der Waals surface area contributed by atoms with Gasteiger partial charge in [0.15, 0.2) is 0 Å². The molecule has 1 heterocycles. The van der Waals surface area contributed by atoms with E-state index in [-0.39, 0.29) is 5.91 Å². The number of hydrogen-bond donors (Lipinski definition) is 0. The molecule has 4 heteroatoms. The third-order valence-electron chi connectivity index (χ3n) is 2.26. The summed E-state index contributed by atoms with van der Waals surface area (Å²) in [6.45, 7) is 1.96. The van der Waals surface area contributed by atoms with Crippen LogP contribution in [0.2, 0.25) is 0 Å². The second-order valence-corrected chi connectivity index (χ2v) is 4.48. The summed E-state index contributed by atoms with van der Waals surface area (Å²) < 4.78 is 4.10. The van der Waals surface area contributed by atoms with Crippen molar-refractivity contribution in [2.45, 2.75) is 25.8 Å². The van der Waals surface area contributed by atoms with Gasteiger partial charge in [-0.15, -0.1) is 0 Å². The molecule has 70 valence electrons. The van der Waals surface area contributed by atoms with Crippen LogP contribution in [0.3, 0.4) is 0 Å². The van der Waals surface area contributed by atoms with Crippen LogP contribution in [0.4, 0.5) is 0 Å². The smallest absolute Gasteiger partial charge is 0.273 e. The van der Waals surface area contributed by atoms with Crippen molar-refractivity contribution in [3.05, 3.63) is 16.6 Å². The maximum atomic E-state index is 11.7. The molecule has 0 spiro atoms. The molecular weight excluding hydrogens is 184 g/mol. The molecule has 2 rings (SSSR count). The summed E-state index contributed by atoms with van der Waals surface area (Å²) in [7, 11) is 1.86. The monoisotopic (exact) mass is 196 g/mol. The number of amides is 1. The molecule has 1 aliphatic carbocycles. The minimum atomic E-state index is 0.0619. The average molecular weight is 196 g/mol. The molecule has 0 aromatic carbocycles. The molecular formula is C9H12N2OS. The van der Waals surface area contributed by atoms with Crippen LogP contribution >= 0.6 is 11.5 Å². The number of aromatic nitrogens is 1.